The molecule has 0 N–H and O–H groups in total. The summed E-state index contributed by atoms with van der Waals surface area (Å²) < 4.78 is 51.2. The minimum absolute atomic E-state index is 0.250. The van der Waals surface area contributed by atoms with E-state index in [1.807, 2.05) is 0 Å². The van der Waals surface area contributed by atoms with Crippen molar-refractivity contribution >= 4 is 0 Å². The average molecular weight is 146 g/mol. The predicted octanol–water partition coefficient (Wildman–Crippen LogP) is 3.09. The Kier molecular flexibility index (Phi) is 8.71. The zero-order chi connectivity index (χ0) is 7.86. The molecule has 0 unspecified atom stereocenters. The van der Waals surface area contributed by atoms with Crippen molar-refractivity contribution in [3.63, 3.8) is 0 Å². The fraction of sp³-hybridized carbons (Fsp3) is 0. The highest BCUT2D eigenvalue weighted by Gasteiger charge is 1.98. The molecule has 0 heterocycles. The molecular formula is C4H3F5. The third-order valence-electron chi connectivity index (χ3n) is 0.143. The lowest BCUT2D eigenvalue weighted by molar-refractivity contribution is 0.308. The Bertz CT molecular complexity index is 87.5. The van der Waals surface area contributed by atoms with Crippen LogP contribution in [0.3, 0.4) is 0 Å². The van der Waals surface area contributed by atoms with Crippen molar-refractivity contribution in [3.8, 4) is 0 Å². The van der Waals surface area contributed by atoms with Gasteiger partial charge in [0.15, 0.2) is 0 Å². The molecule has 5 heteroatoms. The third-order valence-corrected chi connectivity index (χ3v) is 0.143. The maximum atomic E-state index is 10.3. The number of hydrogen-bond acceptors (Lipinski definition) is 0. The standard InChI is InChI=1S/C2F4.C2H3F/c3-1(4)2(5)6;1-2-3/h;2H,1H2. The van der Waals surface area contributed by atoms with Crippen molar-refractivity contribution in [2.24, 2.45) is 0 Å². The summed E-state index contributed by atoms with van der Waals surface area (Å²) in [7, 11) is 0. The minimum atomic E-state index is -2.91. The summed E-state index contributed by atoms with van der Waals surface area (Å²) in [6.45, 7) is 2.69. The molecule has 0 radical (unpaired) electrons. The molecule has 0 aromatic heterocycles. The van der Waals surface area contributed by atoms with Crippen molar-refractivity contribution in [2.45, 2.75) is 0 Å². The van der Waals surface area contributed by atoms with E-state index in [1.165, 1.54) is 0 Å². The van der Waals surface area contributed by atoms with Crippen LogP contribution in [-0.2, 0) is 0 Å². The Morgan fingerprint density at radius 1 is 1.00 bits per heavy atom. The first-order valence-corrected chi connectivity index (χ1v) is 1.63. The second-order valence-corrected chi connectivity index (χ2v) is 0.675. The first-order valence-electron chi connectivity index (χ1n) is 1.63. The average Bonchev–Trinajstić information content (AvgIpc) is 1.68. The highest BCUT2D eigenvalue weighted by atomic mass is 19.3. The maximum absolute atomic E-state index is 10.3. The molecule has 0 atom stereocenters. The van der Waals surface area contributed by atoms with E-state index < -0.39 is 12.2 Å². The molecule has 0 saturated carbocycles. The Labute approximate surface area is 48.3 Å². The summed E-state index contributed by atoms with van der Waals surface area (Å²) in [5.41, 5.74) is 0. The van der Waals surface area contributed by atoms with E-state index in [9.17, 15) is 22.0 Å². The molecule has 0 amide bonds. The normalized spacial score (nSPS) is 6.78. The van der Waals surface area contributed by atoms with Crippen LogP contribution < -0.4 is 0 Å². The zero-order valence-corrected chi connectivity index (χ0v) is 4.17. The molecule has 54 valence electrons. The van der Waals surface area contributed by atoms with Crippen LogP contribution in [0.15, 0.2) is 25.1 Å². The molecule has 0 aromatic carbocycles. The summed E-state index contributed by atoms with van der Waals surface area (Å²) in [5.74, 6) is 0. The Morgan fingerprint density at radius 3 is 1.11 bits per heavy atom. The summed E-state index contributed by atoms with van der Waals surface area (Å²) in [6.07, 6.45) is -5.56. The lowest BCUT2D eigenvalue weighted by Crippen LogP contribution is -1.56. The van der Waals surface area contributed by atoms with Crippen molar-refractivity contribution in [2.75, 3.05) is 0 Å². The SMILES string of the molecule is C=CF.FC(F)=C(F)F. The van der Waals surface area contributed by atoms with Crippen LogP contribution in [0.1, 0.15) is 0 Å². The van der Waals surface area contributed by atoms with Crippen LogP contribution in [0, 0.1) is 0 Å². The van der Waals surface area contributed by atoms with Gasteiger partial charge in [-0.3, -0.25) is 0 Å². The lowest BCUT2D eigenvalue weighted by Gasteiger charge is -1.69. The van der Waals surface area contributed by atoms with Gasteiger partial charge in [-0.05, 0) is 0 Å². The Hall–Kier alpha value is -0.870. The Balaban J connectivity index is 0. The molecular weight excluding hydrogens is 143 g/mol. The molecule has 0 nitrogen and oxygen atoms in total. The molecule has 0 aliphatic carbocycles. The van der Waals surface area contributed by atoms with E-state index in [-0.39, 0.29) is 6.33 Å². The summed E-state index contributed by atoms with van der Waals surface area (Å²) in [4.78, 5) is 0. The van der Waals surface area contributed by atoms with E-state index >= 15 is 0 Å². The van der Waals surface area contributed by atoms with Gasteiger partial charge < -0.3 is 0 Å². The van der Waals surface area contributed by atoms with Crippen molar-refractivity contribution in [3.05, 3.63) is 25.1 Å². The largest absolute Gasteiger partial charge is 0.334 e. The van der Waals surface area contributed by atoms with Crippen molar-refractivity contribution in [1.82, 2.24) is 0 Å². The number of halogens is 5. The number of rotatable bonds is 0. The topological polar surface area (TPSA) is 0 Å². The van der Waals surface area contributed by atoms with Crippen LogP contribution in [0.5, 0.6) is 0 Å². The van der Waals surface area contributed by atoms with E-state index in [0.717, 1.165) is 0 Å². The third kappa shape index (κ3) is 19.2. The second kappa shape index (κ2) is 7.13. The first-order chi connectivity index (χ1) is 4.06. The quantitative estimate of drug-likeness (QED) is 0.460. The van der Waals surface area contributed by atoms with Gasteiger partial charge in [0.1, 0.15) is 0 Å². The van der Waals surface area contributed by atoms with Gasteiger partial charge in [-0.1, -0.05) is 6.58 Å². The van der Waals surface area contributed by atoms with E-state index in [1.54, 1.807) is 0 Å². The summed E-state index contributed by atoms with van der Waals surface area (Å²) in [6, 6.07) is 0. The summed E-state index contributed by atoms with van der Waals surface area (Å²) >= 11 is 0. The predicted molar refractivity (Wildman–Crippen MR) is 22.8 cm³/mol. The van der Waals surface area contributed by atoms with E-state index in [4.69, 9.17) is 0 Å². The van der Waals surface area contributed by atoms with Crippen LogP contribution in [0.25, 0.3) is 0 Å². The van der Waals surface area contributed by atoms with E-state index in [0.29, 0.717) is 0 Å². The van der Waals surface area contributed by atoms with Crippen molar-refractivity contribution < 1.29 is 22.0 Å². The Morgan fingerprint density at radius 2 is 1.11 bits per heavy atom. The lowest BCUT2D eigenvalue weighted by atomic mass is 11.1. The fourth-order valence-electron chi connectivity index (χ4n) is 0. The fourth-order valence-corrected chi connectivity index (χ4v) is 0. The van der Waals surface area contributed by atoms with Gasteiger partial charge >= 0.3 is 12.2 Å². The first kappa shape index (κ1) is 11.0. The van der Waals surface area contributed by atoms with Gasteiger partial charge in [-0.15, -0.1) is 0 Å². The molecule has 0 rings (SSSR count). The number of hydrogen-bond donors (Lipinski definition) is 0. The maximum Gasteiger partial charge on any atom is 0.334 e. The van der Waals surface area contributed by atoms with Gasteiger partial charge in [0.25, 0.3) is 0 Å². The molecule has 0 aliphatic rings. The van der Waals surface area contributed by atoms with Gasteiger partial charge in [0.2, 0.25) is 0 Å². The molecule has 0 saturated heterocycles. The van der Waals surface area contributed by atoms with Crippen LogP contribution in [0.4, 0.5) is 22.0 Å². The molecule has 9 heavy (non-hydrogen) atoms. The molecule has 0 bridgehead atoms. The van der Waals surface area contributed by atoms with Gasteiger partial charge in [-0.2, -0.15) is 17.6 Å². The van der Waals surface area contributed by atoms with Gasteiger partial charge in [0.05, 0.1) is 6.33 Å². The van der Waals surface area contributed by atoms with Crippen molar-refractivity contribution in [1.29, 1.82) is 0 Å². The zero-order valence-electron chi connectivity index (χ0n) is 4.17. The summed E-state index contributed by atoms with van der Waals surface area (Å²) in [5, 5.41) is 0. The molecule has 0 aromatic rings. The highest BCUT2D eigenvalue weighted by molar-refractivity contribution is 4.77. The molecule has 0 fully saturated rings. The minimum Gasteiger partial charge on any atom is -0.216 e. The smallest absolute Gasteiger partial charge is 0.216 e. The highest BCUT2D eigenvalue weighted by Crippen LogP contribution is 2.08. The van der Waals surface area contributed by atoms with E-state index in [2.05, 4.69) is 6.58 Å². The molecule has 0 aliphatic heterocycles. The monoisotopic (exact) mass is 146 g/mol. The van der Waals surface area contributed by atoms with Gasteiger partial charge in [0, 0.05) is 0 Å². The van der Waals surface area contributed by atoms with Crippen LogP contribution >= 0.6 is 0 Å². The van der Waals surface area contributed by atoms with Crippen LogP contribution in [0.2, 0.25) is 0 Å². The second-order valence-electron chi connectivity index (χ2n) is 0.675. The van der Waals surface area contributed by atoms with Gasteiger partial charge in [-0.25, -0.2) is 4.39 Å². The van der Waals surface area contributed by atoms with Crippen LogP contribution in [-0.4, -0.2) is 0 Å². The molecule has 0 spiro atoms.